The van der Waals surface area contributed by atoms with Crippen LogP contribution in [0.15, 0.2) is 33.8 Å². The number of rotatable bonds is 2. The summed E-state index contributed by atoms with van der Waals surface area (Å²) in [7, 11) is 0. The molecule has 142 valence electrons. The minimum atomic E-state index is -0.223. The van der Waals surface area contributed by atoms with E-state index in [2.05, 4.69) is 15.0 Å². The summed E-state index contributed by atoms with van der Waals surface area (Å²) in [5, 5.41) is 4.70. The third-order valence-electron chi connectivity index (χ3n) is 5.43. The van der Waals surface area contributed by atoms with E-state index < -0.39 is 0 Å². The van der Waals surface area contributed by atoms with Gasteiger partial charge in [0.15, 0.2) is 5.69 Å². The highest BCUT2D eigenvalue weighted by molar-refractivity contribution is 7.09. The number of thiophene rings is 1. The number of carbonyl (C=O) groups is 1. The maximum absolute atomic E-state index is 13.0. The van der Waals surface area contributed by atoms with E-state index >= 15 is 0 Å². The highest BCUT2D eigenvalue weighted by Crippen LogP contribution is 2.26. The molecule has 5 rings (SSSR count). The number of hydrogen-bond donors (Lipinski definition) is 2. The number of likely N-dealkylation sites (tertiary alicyclic amines) is 1. The van der Waals surface area contributed by atoms with Gasteiger partial charge in [-0.05, 0) is 49.9 Å². The van der Waals surface area contributed by atoms with Crippen LogP contribution < -0.4 is 5.56 Å². The predicted octanol–water partition coefficient (Wildman–Crippen LogP) is 4.07. The van der Waals surface area contributed by atoms with Crippen LogP contribution in [-0.4, -0.2) is 38.8 Å². The zero-order valence-electron chi connectivity index (χ0n) is 15.5. The molecule has 1 fully saturated rings. The van der Waals surface area contributed by atoms with Gasteiger partial charge in [0, 0.05) is 40.3 Å². The molecule has 0 bridgehead atoms. The van der Waals surface area contributed by atoms with E-state index in [1.165, 1.54) is 17.8 Å². The molecule has 1 aromatic carbocycles. The minimum Gasteiger partial charge on any atom is -0.353 e. The van der Waals surface area contributed by atoms with E-state index in [0.717, 1.165) is 59.0 Å². The molecule has 2 N–H and O–H groups in total. The normalized spacial score (nSPS) is 14.8. The van der Waals surface area contributed by atoms with Crippen LogP contribution in [0.2, 0.25) is 0 Å². The number of benzene rings is 1. The van der Waals surface area contributed by atoms with Crippen molar-refractivity contribution in [2.45, 2.75) is 26.2 Å². The second-order valence-corrected chi connectivity index (χ2v) is 8.12. The van der Waals surface area contributed by atoms with Crippen molar-refractivity contribution in [3.8, 4) is 11.4 Å². The lowest BCUT2D eigenvalue weighted by molar-refractivity contribution is 0.0724. The van der Waals surface area contributed by atoms with Gasteiger partial charge in [0.1, 0.15) is 0 Å². The fraction of sp³-hybridized carbons (Fsp3) is 0.286. The van der Waals surface area contributed by atoms with Gasteiger partial charge in [0.05, 0.1) is 16.7 Å². The number of amides is 1. The summed E-state index contributed by atoms with van der Waals surface area (Å²) < 4.78 is 0. The summed E-state index contributed by atoms with van der Waals surface area (Å²) in [6.07, 6.45) is 3.33. The van der Waals surface area contributed by atoms with Crippen molar-refractivity contribution >= 4 is 39.2 Å². The number of aromatic nitrogens is 3. The van der Waals surface area contributed by atoms with Gasteiger partial charge in [-0.3, -0.25) is 9.59 Å². The molecule has 1 amide bonds. The molecule has 0 unspecified atom stereocenters. The number of nitrogens with one attached hydrogen (secondary N) is 2. The van der Waals surface area contributed by atoms with Crippen molar-refractivity contribution in [3.05, 3.63) is 50.4 Å². The van der Waals surface area contributed by atoms with Gasteiger partial charge in [0.2, 0.25) is 0 Å². The van der Waals surface area contributed by atoms with E-state index in [0.29, 0.717) is 11.4 Å². The van der Waals surface area contributed by atoms with Crippen molar-refractivity contribution in [1.29, 1.82) is 0 Å². The zero-order valence-corrected chi connectivity index (χ0v) is 16.4. The first kappa shape index (κ1) is 17.2. The lowest BCUT2D eigenvalue weighted by Crippen LogP contribution is -2.35. The summed E-state index contributed by atoms with van der Waals surface area (Å²) in [6, 6.07) is 5.81. The van der Waals surface area contributed by atoms with Crippen LogP contribution in [0.4, 0.5) is 0 Å². The average Bonchev–Trinajstić information content (AvgIpc) is 3.32. The number of H-pyrrole nitrogens is 2. The molecule has 0 aliphatic carbocycles. The van der Waals surface area contributed by atoms with Crippen molar-refractivity contribution in [2.24, 2.45) is 0 Å². The fourth-order valence-electron chi connectivity index (χ4n) is 3.92. The SMILES string of the molecule is Cc1cc2[nH]c(-c3nc4cscc4[nH]c3=O)cc2cc1C(=O)N1CCCCC1. The van der Waals surface area contributed by atoms with Gasteiger partial charge in [-0.25, -0.2) is 4.98 Å². The topological polar surface area (TPSA) is 81.8 Å². The first-order chi connectivity index (χ1) is 13.6. The monoisotopic (exact) mass is 392 g/mol. The Labute approximate surface area is 165 Å². The Morgan fingerprint density at radius 3 is 2.71 bits per heavy atom. The number of hydrogen-bond acceptors (Lipinski definition) is 4. The summed E-state index contributed by atoms with van der Waals surface area (Å²) in [4.78, 5) is 38.1. The summed E-state index contributed by atoms with van der Waals surface area (Å²) >= 11 is 1.51. The maximum Gasteiger partial charge on any atom is 0.276 e. The Hall–Kier alpha value is -2.93. The van der Waals surface area contributed by atoms with Crippen LogP contribution in [0, 0.1) is 6.92 Å². The Balaban J connectivity index is 1.58. The molecule has 1 saturated heterocycles. The molecule has 4 aromatic rings. The summed E-state index contributed by atoms with van der Waals surface area (Å²) in [5.41, 5.74) is 4.89. The van der Waals surface area contributed by atoms with Gasteiger partial charge >= 0.3 is 0 Å². The Kier molecular flexibility index (Phi) is 4.05. The standard InChI is InChI=1S/C21H20N4O2S/c1-12-7-15-13(8-14(12)21(27)25-5-3-2-4-6-25)9-16(22-15)19-20(26)24-18-11-28-10-17(18)23-19/h7-11,22H,2-6H2,1H3,(H,24,26). The van der Waals surface area contributed by atoms with Crippen LogP contribution >= 0.6 is 11.3 Å². The molecule has 28 heavy (non-hydrogen) atoms. The van der Waals surface area contributed by atoms with E-state index in [-0.39, 0.29) is 11.5 Å². The number of aromatic amines is 2. The molecular formula is C21H20N4O2S. The van der Waals surface area contributed by atoms with Crippen LogP contribution in [0.1, 0.15) is 35.2 Å². The highest BCUT2D eigenvalue weighted by Gasteiger charge is 2.21. The second kappa shape index (κ2) is 6.60. The molecule has 6 nitrogen and oxygen atoms in total. The van der Waals surface area contributed by atoms with Gasteiger partial charge in [0.25, 0.3) is 11.5 Å². The average molecular weight is 392 g/mol. The summed E-state index contributed by atoms with van der Waals surface area (Å²) in [6.45, 7) is 3.61. The van der Waals surface area contributed by atoms with Gasteiger partial charge in [-0.1, -0.05) is 0 Å². The van der Waals surface area contributed by atoms with E-state index in [4.69, 9.17) is 0 Å². The number of fused-ring (bicyclic) bond motifs is 2. The Morgan fingerprint density at radius 2 is 1.89 bits per heavy atom. The molecular weight excluding hydrogens is 372 g/mol. The van der Waals surface area contributed by atoms with Crippen molar-refractivity contribution in [3.63, 3.8) is 0 Å². The maximum atomic E-state index is 13.0. The molecule has 1 aliphatic heterocycles. The Bertz CT molecular complexity index is 1260. The van der Waals surface area contributed by atoms with Crippen LogP contribution in [0.25, 0.3) is 33.3 Å². The van der Waals surface area contributed by atoms with Gasteiger partial charge < -0.3 is 14.9 Å². The van der Waals surface area contributed by atoms with E-state index in [1.807, 2.05) is 40.8 Å². The zero-order chi connectivity index (χ0) is 19.3. The Morgan fingerprint density at radius 1 is 1.07 bits per heavy atom. The fourth-order valence-corrected chi connectivity index (χ4v) is 4.61. The quantitative estimate of drug-likeness (QED) is 0.540. The summed E-state index contributed by atoms with van der Waals surface area (Å²) in [5.74, 6) is 0.0949. The molecule has 0 saturated carbocycles. The molecule has 1 aliphatic rings. The number of aryl methyl sites for hydroxylation is 1. The van der Waals surface area contributed by atoms with Crippen molar-refractivity contribution < 1.29 is 4.79 Å². The molecule has 0 atom stereocenters. The van der Waals surface area contributed by atoms with Crippen LogP contribution in [0.5, 0.6) is 0 Å². The van der Waals surface area contributed by atoms with Crippen molar-refractivity contribution in [1.82, 2.24) is 19.9 Å². The molecule has 0 radical (unpaired) electrons. The van der Waals surface area contributed by atoms with Crippen molar-refractivity contribution in [2.75, 3.05) is 13.1 Å². The molecule has 4 heterocycles. The number of carbonyl (C=O) groups excluding carboxylic acids is 1. The smallest absolute Gasteiger partial charge is 0.276 e. The largest absolute Gasteiger partial charge is 0.353 e. The minimum absolute atomic E-state index is 0.0949. The molecule has 0 spiro atoms. The third-order valence-corrected chi connectivity index (χ3v) is 6.16. The second-order valence-electron chi connectivity index (χ2n) is 7.38. The molecule has 3 aromatic heterocycles. The third kappa shape index (κ3) is 2.82. The van der Waals surface area contributed by atoms with Gasteiger partial charge in [-0.2, -0.15) is 0 Å². The van der Waals surface area contributed by atoms with Crippen LogP contribution in [-0.2, 0) is 0 Å². The number of nitrogens with zero attached hydrogens (tertiary/aromatic N) is 2. The predicted molar refractivity (Wildman–Crippen MR) is 112 cm³/mol. The molecule has 7 heteroatoms. The first-order valence-corrected chi connectivity index (χ1v) is 10.4. The lowest BCUT2D eigenvalue weighted by atomic mass is 10.0. The van der Waals surface area contributed by atoms with E-state index in [1.54, 1.807) is 0 Å². The van der Waals surface area contributed by atoms with Gasteiger partial charge in [-0.15, -0.1) is 11.3 Å². The van der Waals surface area contributed by atoms with Crippen LogP contribution in [0.3, 0.4) is 0 Å². The van der Waals surface area contributed by atoms with E-state index in [9.17, 15) is 9.59 Å². The highest BCUT2D eigenvalue weighted by atomic mass is 32.1. The lowest BCUT2D eigenvalue weighted by Gasteiger charge is -2.27. The first-order valence-electron chi connectivity index (χ1n) is 9.49. The number of piperidine rings is 1.